The molecule has 0 fully saturated rings. The number of nitrogens with zero attached hydrogens (tertiary/aromatic N) is 2. The highest BCUT2D eigenvalue weighted by Gasteiger charge is 2.08. The highest BCUT2D eigenvalue weighted by atomic mass is 14.8. The number of hydrogen-bond donors (Lipinski definition) is 0. The summed E-state index contributed by atoms with van der Waals surface area (Å²) in [4.78, 5) is 10.2. The van der Waals surface area contributed by atoms with Gasteiger partial charge in [0.1, 0.15) is 0 Å². The predicted octanol–water partition coefficient (Wildman–Crippen LogP) is 12.5. The normalized spacial score (nSPS) is 12.5. The summed E-state index contributed by atoms with van der Waals surface area (Å²) in [6.45, 7) is 4.57. The fraction of sp³-hybridized carbons (Fsp3) is 0.568. The predicted molar refractivity (Wildman–Crippen MR) is 175 cm³/mol. The first-order chi connectivity index (χ1) is 19.3. The van der Waals surface area contributed by atoms with Crippen LogP contribution in [-0.4, -0.2) is 11.4 Å². The van der Waals surface area contributed by atoms with E-state index in [2.05, 4.69) is 86.7 Å². The van der Waals surface area contributed by atoms with E-state index in [1.165, 1.54) is 103 Å². The van der Waals surface area contributed by atoms with Gasteiger partial charge < -0.3 is 0 Å². The number of para-hydroxylation sites is 2. The van der Waals surface area contributed by atoms with Crippen LogP contribution < -0.4 is 0 Å². The highest BCUT2D eigenvalue weighted by molar-refractivity contribution is 6.47. The average Bonchev–Trinajstić information content (AvgIpc) is 2.97. The largest absolute Gasteiger partial charge is 0.251 e. The van der Waals surface area contributed by atoms with Gasteiger partial charge in [0.05, 0.1) is 22.8 Å². The molecule has 0 bridgehead atoms. The van der Waals surface area contributed by atoms with Gasteiger partial charge in [-0.05, 0) is 56.0 Å². The zero-order valence-corrected chi connectivity index (χ0v) is 25.3. The van der Waals surface area contributed by atoms with Crippen molar-refractivity contribution < 1.29 is 0 Å². The van der Waals surface area contributed by atoms with E-state index in [-0.39, 0.29) is 0 Å². The summed E-state index contributed by atoms with van der Waals surface area (Å²) in [5.74, 6) is 0. The Balaban J connectivity index is 1.94. The Labute approximate surface area is 241 Å². The lowest BCUT2D eigenvalue weighted by Gasteiger charge is -2.09. The third-order valence-corrected chi connectivity index (χ3v) is 7.34. The molecule has 0 N–H and O–H groups in total. The molecule has 2 nitrogen and oxygen atoms in total. The maximum Gasteiger partial charge on any atom is 0.0848 e. The molecule has 0 aliphatic rings. The average molecular weight is 529 g/mol. The summed E-state index contributed by atoms with van der Waals surface area (Å²) < 4.78 is 0. The molecule has 0 saturated carbocycles. The minimum atomic E-state index is 0.968. The van der Waals surface area contributed by atoms with Crippen molar-refractivity contribution in [2.24, 2.45) is 9.98 Å². The van der Waals surface area contributed by atoms with Crippen LogP contribution in [0.25, 0.3) is 0 Å². The highest BCUT2D eigenvalue weighted by Crippen LogP contribution is 2.18. The Morgan fingerprint density at radius 1 is 0.513 bits per heavy atom. The molecule has 214 valence electrons. The van der Waals surface area contributed by atoms with Crippen LogP contribution in [0.15, 0.2) is 82.8 Å². The van der Waals surface area contributed by atoms with Crippen LogP contribution in [0.2, 0.25) is 0 Å². The van der Waals surface area contributed by atoms with E-state index in [4.69, 9.17) is 9.98 Å². The second-order valence-corrected chi connectivity index (χ2v) is 11.0. The van der Waals surface area contributed by atoms with E-state index in [0.29, 0.717) is 0 Å². The van der Waals surface area contributed by atoms with Crippen molar-refractivity contribution in [1.29, 1.82) is 0 Å². The molecule has 0 unspecified atom stereocenters. The van der Waals surface area contributed by atoms with Crippen molar-refractivity contribution >= 4 is 22.8 Å². The van der Waals surface area contributed by atoms with Gasteiger partial charge in [0.2, 0.25) is 0 Å². The fourth-order valence-corrected chi connectivity index (χ4v) is 4.93. The van der Waals surface area contributed by atoms with Gasteiger partial charge in [0.25, 0.3) is 0 Å². The zero-order valence-electron chi connectivity index (χ0n) is 25.3. The Bertz CT molecular complexity index is 911. The van der Waals surface area contributed by atoms with E-state index in [9.17, 15) is 0 Å². The smallest absolute Gasteiger partial charge is 0.0848 e. The summed E-state index contributed by atoms with van der Waals surface area (Å²) in [7, 11) is 0. The zero-order chi connectivity index (χ0) is 27.6. The van der Waals surface area contributed by atoms with Gasteiger partial charge >= 0.3 is 0 Å². The van der Waals surface area contributed by atoms with Gasteiger partial charge in [-0.2, -0.15) is 0 Å². The van der Waals surface area contributed by atoms with Gasteiger partial charge in [-0.25, -0.2) is 4.99 Å². The van der Waals surface area contributed by atoms with Gasteiger partial charge in [-0.3, -0.25) is 4.99 Å². The topological polar surface area (TPSA) is 24.7 Å². The molecular weight excluding hydrogens is 472 g/mol. The van der Waals surface area contributed by atoms with Crippen LogP contribution in [0.5, 0.6) is 0 Å². The molecule has 39 heavy (non-hydrogen) atoms. The third kappa shape index (κ3) is 17.0. The second-order valence-electron chi connectivity index (χ2n) is 11.0. The number of hydrogen-bond acceptors (Lipinski definition) is 2. The molecule has 0 aliphatic heterocycles. The van der Waals surface area contributed by atoms with Crippen LogP contribution >= 0.6 is 0 Å². The maximum atomic E-state index is 5.10. The van der Waals surface area contributed by atoms with Crippen molar-refractivity contribution in [1.82, 2.24) is 0 Å². The lowest BCUT2D eigenvalue weighted by Crippen LogP contribution is -2.12. The molecule has 0 saturated heterocycles. The Hall–Kier alpha value is -2.48. The van der Waals surface area contributed by atoms with Gasteiger partial charge in [-0.1, -0.05) is 153 Å². The Kier molecular flexibility index (Phi) is 19.6. The summed E-state index contributed by atoms with van der Waals surface area (Å²) in [5, 5.41) is 0. The Morgan fingerprint density at radius 3 is 1.46 bits per heavy atom. The van der Waals surface area contributed by atoms with E-state index in [1.807, 2.05) is 0 Å². The van der Waals surface area contributed by atoms with E-state index in [1.54, 1.807) is 0 Å². The summed E-state index contributed by atoms with van der Waals surface area (Å²) >= 11 is 0. The summed E-state index contributed by atoms with van der Waals surface area (Å²) in [6, 6.07) is 20.7. The van der Waals surface area contributed by atoms with Gasteiger partial charge in [-0.15, -0.1) is 0 Å². The first-order valence-electron chi connectivity index (χ1n) is 16.3. The molecule has 0 amide bonds. The second kappa shape index (κ2) is 23.4. The number of allylic oxidation sites excluding steroid dienone is 2. The molecule has 2 aromatic rings. The van der Waals surface area contributed by atoms with E-state index in [0.717, 1.165) is 42.1 Å². The molecule has 2 aromatic carbocycles. The molecule has 0 radical (unpaired) electrons. The van der Waals surface area contributed by atoms with Crippen LogP contribution in [0.1, 0.15) is 136 Å². The fourth-order valence-electron chi connectivity index (χ4n) is 4.93. The number of benzene rings is 2. The lowest BCUT2D eigenvalue weighted by atomic mass is 10.0. The number of rotatable bonds is 23. The maximum absolute atomic E-state index is 5.10. The molecule has 0 heterocycles. The first-order valence-corrected chi connectivity index (χ1v) is 16.3. The van der Waals surface area contributed by atoms with Crippen molar-refractivity contribution in [3.05, 3.63) is 72.8 Å². The molecule has 0 atom stereocenters. The van der Waals surface area contributed by atoms with E-state index < -0.39 is 0 Å². The van der Waals surface area contributed by atoms with Crippen molar-refractivity contribution in [2.75, 3.05) is 0 Å². The minimum Gasteiger partial charge on any atom is -0.251 e. The molecule has 0 aliphatic carbocycles. The Morgan fingerprint density at radius 2 is 0.949 bits per heavy atom. The minimum absolute atomic E-state index is 0.968. The first kappa shape index (κ1) is 32.7. The monoisotopic (exact) mass is 528 g/mol. The van der Waals surface area contributed by atoms with Gasteiger partial charge in [0, 0.05) is 0 Å². The van der Waals surface area contributed by atoms with Crippen molar-refractivity contribution in [2.45, 2.75) is 136 Å². The van der Waals surface area contributed by atoms with Crippen LogP contribution in [0.3, 0.4) is 0 Å². The van der Waals surface area contributed by atoms with Crippen molar-refractivity contribution in [3.8, 4) is 0 Å². The van der Waals surface area contributed by atoms with Gasteiger partial charge in [0.15, 0.2) is 0 Å². The standard InChI is InChI=1S/C37H56N2/c1-3-5-7-9-11-12-13-14-15-16-17-19-27-33-37(39-35-30-24-21-25-31-35)36(32-26-18-10-8-6-4-2)38-34-28-22-20-23-29-34/h20-25,27-31,33H,3-19,26,32H2,1-2H3. The summed E-state index contributed by atoms with van der Waals surface area (Å²) in [6.07, 6.45) is 29.6. The SMILES string of the molecule is CCCCCCCCCCCCCC=CC(=Nc1ccccc1)C(CCCCCCCC)=Nc1ccccc1. The summed E-state index contributed by atoms with van der Waals surface area (Å²) in [5.41, 5.74) is 4.13. The van der Waals surface area contributed by atoms with Crippen molar-refractivity contribution in [3.63, 3.8) is 0 Å². The van der Waals surface area contributed by atoms with E-state index >= 15 is 0 Å². The third-order valence-electron chi connectivity index (χ3n) is 7.34. The van der Waals surface area contributed by atoms with Crippen LogP contribution in [-0.2, 0) is 0 Å². The molecule has 2 heteroatoms. The van der Waals surface area contributed by atoms with Crippen LogP contribution in [0, 0.1) is 0 Å². The quantitative estimate of drug-likeness (QED) is 0.101. The molecular formula is C37H56N2. The van der Waals surface area contributed by atoms with Crippen LogP contribution in [0.4, 0.5) is 11.4 Å². The number of unbranched alkanes of at least 4 members (excludes halogenated alkanes) is 16. The molecule has 2 rings (SSSR count). The lowest BCUT2D eigenvalue weighted by molar-refractivity contribution is 0.550. The number of aliphatic imine (C=N–C) groups is 2. The molecule has 0 spiro atoms. The molecule has 0 aromatic heterocycles.